The second-order valence-corrected chi connectivity index (χ2v) is 5.67. The van der Waals surface area contributed by atoms with Crippen LogP contribution in [0.3, 0.4) is 0 Å². The summed E-state index contributed by atoms with van der Waals surface area (Å²) in [5.74, 6) is -0.111. The van der Waals surface area contributed by atoms with E-state index >= 15 is 0 Å². The van der Waals surface area contributed by atoms with Crippen molar-refractivity contribution in [3.05, 3.63) is 29.8 Å². The number of urea groups is 1. The molecule has 1 aromatic carbocycles. The van der Waals surface area contributed by atoms with Gasteiger partial charge in [0.25, 0.3) is 5.91 Å². The predicted octanol–water partition coefficient (Wildman–Crippen LogP) is 2.01. The summed E-state index contributed by atoms with van der Waals surface area (Å²) < 4.78 is 5.36. The number of ether oxygens (including phenoxy) is 1. The van der Waals surface area contributed by atoms with E-state index in [1.165, 1.54) is 0 Å². The van der Waals surface area contributed by atoms with Crippen LogP contribution in [0.1, 0.15) is 32.3 Å². The summed E-state index contributed by atoms with van der Waals surface area (Å²) in [6.07, 6.45) is 1.34. The van der Waals surface area contributed by atoms with Gasteiger partial charge in [-0.1, -0.05) is 12.1 Å². The molecule has 2 rings (SSSR count). The van der Waals surface area contributed by atoms with Crippen LogP contribution in [0.4, 0.5) is 10.5 Å². The van der Waals surface area contributed by atoms with E-state index in [9.17, 15) is 9.59 Å². The molecular weight excluding hydrogens is 282 g/mol. The third-order valence-electron chi connectivity index (χ3n) is 3.29. The largest absolute Gasteiger partial charge is 0.368 e. The number of carbonyl (C=O) groups excluding carboxylic acids is 2. The van der Waals surface area contributed by atoms with Crippen molar-refractivity contribution in [2.24, 2.45) is 0 Å². The zero-order valence-electron chi connectivity index (χ0n) is 13.0. The first-order valence-corrected chi connectivity index (χ1v) is 7.60. The van der Waals surface area contributed by atoms with Crippen LogP contribution in [0.5, 0.6) is 0 Å². The lowest BCUT2D eigenvalue weighted by Crippen LogP contribution is -2.39. The zero-order valence-corrected chi connectivity index (χ0v) is 13.0. The number of carbonyl (C=O) groups is 2. The van der Waals surface area contributed by atoms with Crippen molar-refractivity contribution in [1.82, 2.24) is 10.6 Å². The van der Waals surface area contributed by atoms with E-state index in [1.54, 1.807) is 0 Å². The predicted molar refractivity (Wildman–Crippen MR) is 84.6 cm³/mol. The van der Waals surface area contributed by atoms with Crippen molar-refractivity contribution < 1.29 is 14.3 Å². The van der Waals surface area contributed by atoms with Crippen LogP contribution in [-0.4, -0.2) is 30.7 Å². The average Bonchev–Trinajstić information content (AvgIpc) is 2.99. The summed E-state index contributed by atoms with van der Waals surface area (Å²) in [5.41, 5.74) is 1.63. The van der Waals surface area contributed by atoms with Crippen LogP contribution in [0.15, 0.2) is 24.3 Å². The maximum Gasteiger partial charge on any atom is 0.315 e. The molecule has 6 nitrogen and oxygen atoms in total. The van der Waals surface area contributed by atoms with Gasteiger partial charge in [-0.15, -0.1) is 0 Å². The molecular formula is C16H23N3O3. The molecule has 1 aromatic rings. The van der Waals surface area contributed by atoms with Gasteiger partial charge in [-0.2, -0.15) is 0 Å². The summed E-state index contributed by atoms with van der Waals surface area (Å²) >= 11 is 0. The van der Waals surface area contributed by atoms with Crippen molar-refractivity contribution in [2.75, 3.05) is 11.9 Å². The Balaban J connectivity index is 1.86. The third-order valence-corrected chi connectivity index (χ3v) is 3.29. The SMILES string of the molecule is CC(C)NC(=O)NCc1cccc(NC(=O)C2CCCO2)c1. The van der Waals surface area contributed by atoms with E-state index < -0.39 is 0 Å². The number of anilines is 1. The molecule has 1 saturated heterocycles. The third kappa shape index (κ3) is 5.04. The van der Waals surface area contributed by atoms with Crippen molar-refractivity contribution in [1.29, 1.82) is 0 Å². The van der Waals surface area contributed by atoms with Gasteiger partial charge < -0.3 is 20.7 Å². The molecule has 1 aliphatic rings. The highest BCUT2D eigenvalue weighted by molar-refractivity contribution is 5.94. The van der Waals surface area contributed by atoms with Crippen LogP contribution in [0.25, 0.3) is 0 Å². The van der Waals surface area contributed by atoms with Gasteiger partial charge >= 0.3 is 6.03 Å². The Morgan fingerprint density at radius 2 is 2.18 bits per heavy atom. The molecule has 1 heterocycles. The van der Waals surface area contributed by atoms with Gasteiger partial charge in [0.1, 0.15) is 6.10 Å². The lowest BCUT2D eigenvalue weighted by Gasteiger charge is -2.12. The number of benzene rings is 1. The van der Waals surface area contributed by atoms with E-state index in [0.717, 1.165) is 18.4 Å². The first-order valence-electron chi connectivity index (χ1n) is 7.60. The molecule has 1 unspecified atom stereocenters. The van der Waals surface area contributed by atoms with Crippen LogP contribution in [0.2, 0.25) is 0 Å². The normalized spacial score (nSPS) is 17.3. The molecule has 22 heavy (non-hydrogen) atoms. The molecule has 6 heteroatoms. The van der Waals surface area contributed by atoms with Crippen LogP contribution < -0.4 is 16.0 Å². The quantitative estimate of drug-likeness (QED) is 0.778. The average molecular weight is 305 g/mol. The van der Waals surface area contributed by atoms with Gasteiger partial charge in [0.05, 0.1) is 0 Å². The Morgan fingerprint density at radius 1 is 1.36 bits per heavy atom. The Morgan fingerprint density at radius 3 is 2.86 bits per heavy atom. The molecule has 0 aliphatic carbocycles. The minimum absolute atomic E-state index is 0.0945. The first kappa shape index (κ1) is 16.3. The van der Waals surface area contributed by atoms with Crippen molar-refractivity contribution in [2.45, 2.75) is 45.4 Å². The maximum atomic E-state index is 12.0. The molecule has 1 aliphatic heterocycles. The Hall–Kier alpha value is -2.08. The Labute approximate surface area is 130 Å². The summed E-state index contributed by atoms with van der Waals surface area (Å²) in [4.78, 5) is 23.6. The molecule has 0 aromatic heterocycles. The van der Waals surface area contributed by atoms with E-state index in [2.05, 4.69) is 16.0 Å². The minimum atomic E-state index is -0.349. The highest BCUT2D eigenvalue weighted by Gasteiger charge is 2.23. The highest BCUT2D eigenvalue weighted by Crippen LogP contribution is 2.16. The molecule has 1 atom stereocenters. The summed E-state index contributed by atoms with van der Waals surface area (Å²) in [6, 6.07) is 7.31. The minimum Gasteiger partial charge on any atom is -0.368 e. The molecule has 3 amide bonds. The van der Waals surface area contributed by atoms with Gasteiger partial charge in [0.2, 0.25) is 0 Å². The van der Waals surface area contributed by atoms with E-state index in [0.29, 0.717) is 18.8 Å². The molecule has 0 spiro atoms. The lowest BCUT2D eigenvalue weighted by atomic mass is 10.2. The molecule has 0 bridgehead atoms. The van der Waals surface area contributed by atoms with Gasteiger partial charge in [-0.25, -0.2) is 4.79 Å². The number of hydrogen-bond donors (Lipinski definition) is 3. The molecule has 3 N–H and O–H groups in total. The fraction of sp³-hybridized carbons (Fsp3) is 0.500. The van der Waals surface area contributed by atoms with Crippen LogP contribution >= 0.6 is 0 Å². The standard InChI is InChI=1S/C16H23N3O3/c1-11(2)18-16(21)17-10-12-5-3-6-13(9-12)19-15(20)14-7-4-8-22-14/h3,5-6,9,11,14H,4,7-8,10H2,1-2H3,(H,19,20)(H2,17,18,21). The molecule has 120 valence electrons. The van der Waals surface area contributed by atoms with Crippen molar-refractivity contribution in [3.63, 3.8) is 0 Å². The maximum absolute atomic E-state index is 12.0. The topological polar surface area (TPSA) is 79.5 Å². The molecule has 0 radical (unpaired) electrons. The zero-order chi connectivity index (χ0) is 15.9. The second kappa shape index (κ2) is 7.79. The van der Waals surface area contributed by atoms with Crippen LogP contribution in [-0.2, 0) is 16.1 Å². The van der Waals surface area contributed by atoms with Crippen molar-refractivity contribution >= 4 is 17.6 Å². The Bertz CT molecular complexity index is 525. The summed E-state index contributed by atoms with van der Waals surface area (Å²) in [6.45, 7) is 4.86. The molecule has 0 saturated carbocycles. The van der Waals surface area contributed by atoms with E-state index in [1.807, 2.05) is 38.1 Å². The highest BCUT2D eigenvalue weighted by atomic mass is 16.5. The Kier molecular flexibility index (Phi) is 5.77. The number of hydrogen-bond acceptors (Lipinski definition) is 3. The smallest absolute Gasteiger partial charge is 0.315 e. The van der Waals surface area contributed by atoms with Gasteiger partial charge in [-0.05, 0) is 44.4 Å². The fourth-order valence-electron chi connectivity index (χ4n) is 2.26. The van der Waals surface area contributed by atoms with Gasteiger partial charge in [0.15, 0.2) is 0 Å². The summed E-state index contributed by atoms with van der Waals surface area (Å²) in [7, 11) is 0. The monoisotopic (exact) mass is 305 g/mol. The lowest BCUT2D eigenvalue weighted by molar-refractivity contribution is -0.124. The molecule has 1 fully saturated rings. The van der Waals surface area contributed by atoms with Crippen LogP contribution in [0, 0.1) is 0 Å². The number of rotatable bonds is 5. The fourth-order valence-corrected chi connectivity index (χ4v) is 2.26. The second-order valence-electron chi connectivity index (χ2n) is 5.67. The van der Waals surface area contributed by atoms with Gasteiger partial charge in [-0.3, -0.25) is 4.79 Å². The van der Waals surface area contributed by atoms with Crippen molar-refractivity contribution in [3.8, 4) is 0 Å². The number of nitrogens with one attached hydrogen (secondary N) is 3. The summed E-state index contributed by atoms with van der Waals surface area (Å²) in [5, 5.41) is 8.39. The van der Waals surface area contributed by atoms with E-state index in [-0.39, 0.29) is 24.1 Å². The number of amides is 3. The van der Waals surface area contributed by atoms with Gasteiger partial charge in [0, 0.05) is 24.9 Å². The first-order chi connectivity index (χ1) is 10.5. The van der Waals surface area contributed by atoms with E-state index in [4.69, 9.17) is 4.74 Å².